The van der Waals surface area contributed by atoms with E-state index in [2.05, 4.69) is 4.98 Å². The first kappa shape index (κ1) is 11.0. The molecule has 1 aromatic carbocycles. The fourth-order valence-electron chi connectivity index (χ4n) is 1.70. The Kier molecular flexibility index (Phi) is 3.46. The second kappa shape index (κ2) is 5.03. The van der Waals surface area contributed by atoms with Gasteiger partial charge >= 0.3 is 0 Å². The van der Waals surface area contributed by atoms with Crippen molar-refractivity contribution in [2.45, 2.75) is 6.42 Å². The van der Waals surface area contributed by atoms with Gasteiger partial charge in [-0.1, -0.05) is 18.2 Å². The van der Waals surface area contributed by atoms with Crippen LogP contribution in [0.3, 0.4) is 0 Å². The largest absolute Gasteiger partial charge is 0.628 e. The van der Waals surface area contributed by atoms with E-state index in [9.17, 15) is 5.21 Å². The lowest BCUT2D eigenvalue weighted by atomic mass is 10.1. The van der Waals surface area contributed by atoms with Gasteiger partial charge in [0.1, 0.15) is 0 Å². The number of aliphatic hydroxyl groups excluding tert-OH is 1. The summed E-state index contributed by atoms with van der Waals surface area (Å²) in [5, 5.41) is 22.4. The SMILES string of the molecule is [O-][NH+](CCCO)c1nccc2ccccc12. The Morgan fingerprint density at radius 2 is 2.06 bits per heavy atom. The minimum absolute atomic E-state index is 0.00847. The maximum Gasteiger partial charge on any atom is 0.233 e. The summed E-state index contributed by atoms with van der Waals surface area (Å²) < 4.78 is 0. The van der Waals surface area contributed by atoms with Gasteiger partial charge in [0.2, 0.25) is 5.82 Å². The van der Waals surface area contributed by atoms with Gasteiger partial charge in [-0.2, -0.15) is 0 Å². The van der Waals surface area contributed by atoms with E-state index in [1.165, 1.54) is 0 Å². The third-order valence-corrected chi connectivity index (χ3v) is 2.50. The van der Waals surface area contributed by atoms with Gasteiger partial charge < -0.3 is 15.4 Å². The van der Waals surface area contributed by atoms with Crippen molar-refractivity contribution in [3.8, 4) is 0 Å². The number of aliphatic hydroxyl groups is 1. The van der Waals surface area contributed by atoms with E-state index in [1.54, 1.807) is 6.20 Å². The number of nitrogens with zero attached hydrogens (tertiary/aromatic N) is 1. The predicted molar refractivity (Wildman–Crippen MR) is 62.3 cm³/mol. The Hall–Kier alpha value is -1.49. The Labute approximate surface area is 93.7 Å². The normalized spacial score (nSPS) is 12.9. The van der Waals surface area contributed by atoms with E-state index >= 15 is 0 Å². The van der Waals surface area contributed by atoms with Crippen LogP contribution < -0.4 is 5.06 Å². The summed E-state index contributed by atoms with van der Waals surface area (Å²) in [6, 6.07) is 9.57. The van der Waals surface area contributed by atoms with E-state index in [0.29, 0.717) is 18.8 Å². The average molecular weight is 218 g/mol. The zero-order valence-electron chi connectivity index (χ0n) is 8.89. The van der Waals surface area contributed by atoms with Crippen molar-refractivity contribution in [3.63, 3.8) is 0 Å². The summed E-state index contributed by atoms with van der Waals surface area (Å²) in [7, 11) is 0. The van der Waals surface area contributed by atoms with Gasteiger partial charge in [-0.15, -0.1) is 0 Å². The molecule has 2 aromatic rings. The molecule has 0 spiro atoms. The molecule has 2 rings (SSSR count). The van der Waals surface area contributed by atoms with Crippen LogP contribution in [-0.4, -0.2) is 23.2 Å². The fourth-order valence-corrected chi connectivity index (χ4v) is 1.70. The zero-order chi connectivity index (χ0) is 11.4. The number of pyridine rings is 1. The maximum atomic E-state index is 11.8. The summed E-state index contributed by atoms with van der Waals surface area (Å²) in [6.07, 6.45) is 2.14. The van der Waals surface area contributed by atoms with Gasteiger partial charge in [0.25, 0.3) is 0 Å². The number of fused-ring (bicyclic) bond motifs is 1. The molecule has 0 aliphatic rings. The lowest BCUT2D eigenvalue weighted by Crippen LogP contribution is -3.02. The van der Waals surface area contributed by atoms with E-state index in [-0.39, 0.29) is 11.7 Å². The molecule has 1 heterocycles. The van der Waals surface area contributed by atoms with Crippen LogP contribution in [0.1, 0.15) is 6.42 Å². The molecule has 1 unspecified atom stereocenters. The van der Waals surface area contributed by atoms with Gasteiger partial charge in [0.15, 0.2) is 0 Å². The smallest absolute Gasteiger partial charge is 0.233 e. The summed E-state index contributed by atoms with van der Waals surface area (Å²) in [5.74, 6) is 0.506. The molecule has 16 heavy (non-hydrogen) atoms. The van der Waals surface area contributed by atoms with Crippen molar-refractivity contribution in [2.75, 3.05) is 13.2 Å². The molecular weight excluding hydrogens is 204 g/mol. The van der Waals surface area contributed by atoms with Gasteiger partial charge in [-0.25, -0.2) is 4.98 Å². The molecule has 84 valence electrons. The van der Waals surface area contributed by atoms with Gasteiger partial charge in [-0.3, -0.25) is 0 Å². The van der Waals surface area contributed by atoms with Crippen molar-refractivity contribution in [2.24, 2.45) is 0 Å². The second-order valence-electron chi connectivity index (χ2n) is 3.63. The molecule has 1 aromatic heterocycles. The predicted octanol–water partition coefficient (Wildman–Crippen LogP) is 0.631. The summed E-state index contributed by atoms with van der Waals surface area (Å²) in [6.45, 7) is 0.383. The third-order valence-electron chi connectivity index (χ3n) is 2.50. The average Bonchev–Trinajstić information content (AvgIpc) is 2.35. The molecule has 0 saturated carbocycles. The molecule has 0 fully saturated rings. The summed E-state index contributed by atoms with van der Waals surface area (Å²) >= 11 is 0. The van der Waals surface area contributed by atoms with Crippen LogP contribution in [0, 0.1) is 5.21 Å². The molecule has 2 N–H and O–H groups in total. The standard InChI is InChI=1S/C12H14N2O2/c15-9-3-8-14(16)12-11-5-2-1-4-10(11)6-7-13-12/h1-2,4-7,14-15H,3,8-9H2. The number of quaternary nitrogens is 1. The number of rotatable bonds is 4. The first-order valence-electron chi connectivity index (χ1n) is 5.31. The topological polar surface area (TPSA) is 60.6 Å². The van der Waals surface area contributed by atoms with Crippen LogP contribution in [0.2, 0.25) is 0 Å². The first-order chi connectivity index (χ1) is 7.83. The van der Waals surface area contributed by atoms with Crippen LogP contribution in [0.15, 0.2) is 36.5 Å². The van der Waals surface area contributed by atoms with Crippen molar-refractivity contribution >= 4 is 16.6 Å². The monoisotopic (exact) mass is 218 g/mol. The number of benzene rings is 1. The van der Waals surface area contributed by atoms with E-state index in [0.717, 1.165) is 10.8 Å². The minimum atomic E-state index is -0.00847. The quantitative estimate of drug-likeness (QED) is 0.740. The number of aromatic nitrogens is 1. The lowest BCUT2D eigenvalue weighted by molar-refractivity contribution is -0.778. The van der Waals surface area contributed by atoms with Crippen LogP contribution in [0.4, 0.5) is 5.82 Å². The van der Waals surface area contributed by atoms with Crippen LogP contribution in [-0.2, 0) is 0 Å². The molecule has 4 nitrogen and oxygen atoms in total. The third kappa shape index (κ3) is 2.19. The Morgan fingerprint density at radius 1 is 1.25 bits per heavy atom. The molecular formula is C12H14N2O2. The van der Waals surface area contributed by atoms with Gasteiger partial charge in [0.05, 0.1) is 11.9 Å². The van der Waals surface area contributed by atoms with E-state index in [4.69, 9.17) is 5.11 Å². The molecule has 0 aliphatic heterocycles. The Bertz CT molecular complexity index is 468. The summed E-state index contributed by atoms with van der Waals surface area (Å²) in [5.41, 5.74) is 0. The van der Waals surface area contributed by atoms with Crippen LogP contribution in [0.5, 0.6) is 0 Å². The second-order valence-corrected chi connectivity index (χ2v) is 3.63. The first-order valence-corrected chi connectivity index (χ1v) is 5.31. The molecule has 4 heteroatoms. The fraction of sp³-hybridized carbons (Fsp3) is 0.250. The van der Waals surface area contributed by atoms with Crippen LogP contribution >= 0.6 is 0 Å². The van der Waals surface area contributed by atoms with Crippen molar-refractivity contribution in [1.29, 1.82) is 0 Å². The molecule has 0 saturated heterocycles. The zero-order valence-corrected chi connectivity index (χ0v) is 8.89. The molecule has 0 bridgehead atoms. The lowest BCUT2D eigenvalue weighted by Gasteiger charge is -2.21. The minimum Gasteiger partial charge on any atom is -0.628 e. The van der Waals surface area contributed by atoms with Crippen molar-refractivity contribution < 1.29 is 10.2 Å². The highest BCUT2D eigenvalue weighted by atomic mass is 16.5. The van der Waals surface area contributed by atoms with Crippen LogP contribution in [0.25, 0.3) is 10.8 Å². The number of nitrogens with one attached hydrogen (secondary N) is 1. The highest BCUT2D eigenvalue weighted by molar-refractivity contribution is 5.88. The van der Waals surface area contributed by atoms with E-state index < -0.39 is 0 Å². The molecule has 0 aliphatic carbocycles. The van der Waals surface area contributed by atoms with Crippen molar-refractivity contribution in [1.82, 2.24) is 4.98 Å². The van der Waals surface area contributed by atoms with Gasteiger partial charge in [-0.05, 0) is 17.5 Å². The maximum absolute atomic E-state index is 11.8. The van der Waals surface area contributed by atoms with Gasteiger partial charge in [0, 0.05) is 19.2 Å². The molecule has 0 amide bonds. The number of hydrogen-bond donors (Lipinski definition) is 2. The Balaban J connectivity index is 2.36. The highest BCUT2D eigenvalue weighted by Crippen LogP contribution is 2.17. The number of hydrogen-bond acceptors (Lipinski definition) is 3. The number of hydroxylamine groups is 1. The summed E-state index contributed by atoms with van der Waals surface area (Å²) in [4.78, 5) is 4.13. The Morgan fingerprint density at radius 3 is 2.88 bits per heavy atom. The highest BCUT2D eigenvalue weighted by Gasteiger charge is 2.08. The van der Waals surface area contributed by atoms with Crippen molar-refractivity contribution in [3.05, 3.63) is 41.7 Å². The van der Waals surface area contributed by atoms with E-state index in [1.807, 2.05) is 30.3 Å². The molecule has 1 atom stereocenters. The molecule has 0 radical (unpaired) electrons.